The van der Waals surface area contributed by atoms with E-state index in [-0.39, 0.29) is 0 Å². The van der Waals surface area contributed by atoms with Crippen molar-refractivity contribution in [2.24, 2.45) is 5.41 Å². The monoisotopic (exact) mass is 220 g/mol. The Hall–Kier alpha value is 0.440. The van der Waals surface area contributed by atoms with E-state index in [1.54, 1.807) is 0 Å². The molecule has 0 aromatic rings. The van der Waals surface area contributed by atoms with Crippen molar-refractivity contribution in [3.8, 4) is 0 Å². The van der Waals surface area contributed by atoms with Gasteiger partial charge in [0.2, 0.25) is 0 Å². The van der Waals surface area contributed by atoms with Gasteiger partial charge in [-0.05, 0) is 38.5 Å². The Bertz CT molecular complexity index is 119. The molecule has 1 saturated carbocycles. The fraction of sp³-hybridized carbons (Fsp3) is 1.00. The van der Waals surface area contributed by atoms with Crippen LogP contribution in [0, 0.1) is 5.41 Å². The molecule has 0 N–H and O–H groups in total. The number of alkyl halides is 1. The second-order valence-electron chi connectivity index (χ2n) is 3.80. The molecule has 0 heterocycles. The Morgan fingerprint density at radius 3 is 2.45 bits per heavy atom. The summed E-state index contributed by atoms with van der Waals surface area (Å²) in [5.41, 5.74) is 0.620. The first-order chi connectivity index (χ1) is 5.18. The molecule has 0 saturated heterocycles. The minimum atomic E-state index is 0.390. The average molecular weight is 221 g/mol. The van der Waals surface area contributed by atoms with Crippen molar-refractivity contribution in [2.75, 3.05) is 11.9 Å². The molecule has 66 valence electrons. The lowest BCUT2D eigenvalue weighted by Gasteiger charge is -2.12. The molecule has 0 atom stereocenters. The topological polar surface area (TPSA) is 9.23 Å². The smallest absolute Gasteiger partial charge is 0.0518 e. The van der Waals surface area contributed by atoms with Crippen molar-refractivity contribution in [1.29, 1.82) is 0 Å². The largest absolute Gasteiger partial charge is 0.379 e. The van der Waals surface area contributed by atoms with Gasteiger partial charge in [0.25, 0.3) is 0 Å². The maximum atomic E-state index is 5.50. The molecule has 0 spiro atoms. The Balaban J connectivity index is 2.03. The molecule has 1 rings (SSSR count). The second kappa shape index (κ2) is 3.90. The van der Waals surface area contributed by atoms with E-state index in [0.29, 0.717) is 11.5 Å². The average Bonchev–Trinajstić information content (AvgIpc) is 2.69. The van der Waals surface area contributed by atoms with Gasteiger partial charge in [-0.2, -0.15) is 0 Å². The van der Waals surface area contributed by atoms with Gasteiger partial charge in [0.15, 0.2) is 0 Å². The van der Waals surface area contributed by atoms with Crippen LogP contribution in [0.4, 0.5) is 0 Å². The maximum absolute atomic E-state index is 5.50. The molecule has 0 amide bonds. The van der Waals surface area contributed by atoms with E-state index in [9.17, 15) is 0 Å². The summed E-state index contributed by atoms with van der Waals surface area (Å²) in [5.74, 6) is 0. The molecule has 0 radical (unpaired) electrons. The van der Waals surface area contributed by atoms with E-state index >= 15 is 0 Å². The zero-order chi connectivity index (χ0) is 8.32. The minimum absolute atomic E-state index is 0.390. The molecule has 11 heavy (non-hydrogen) atoms. The van der Waals surface area contributed by atoms with Gasteiger partial charge < -0.3 is 4.74 Å². The number of hydrogen-bond donors (Lipinski definition) is 0. The molecule has 0 bridgehead atoms. The molecule has 1 aliphatic rings. The van der Waals surface area contributed by atoms with Crippen LogP contribution in [0.1, 0.15) is 33.1 Å². The first-order valence-corrected chi connectivity index (χ1v) is 5.48. The fourth-order valence-electron chi connectivity index (χ4n) is 1.14. The third kappa shape index (κ3) is 3.12. The van der Waals surface area contributed by atoms with Gasteiger partial charge in [0, 0.05) is 11.9 Å². The summed E-state index contributed by atoms with van der Waals surface area (Å²) in [6, 6.07) is 0. The maximum Gasteiger partial charge on any atom is 0.0518 e. The van der Waals surface area contributed by atoms with Crippen LogP contribution in [0.2, 0.25) is 0 Å². The van der Waals surface area contributed by atoms with Crippen LogP contribution in [0.5, 0.6) is 0 Å². The zero-order valence-corrected chi connectivity index (χ0v) is 8.99. The first-order valence-electron chi connectivity index (χ1n) is 4.36. The molecular weight excluding hydrogens is 204 g/mol. The van der Waals surface area contributed by atoms with Gasteiger partial charge in [-0.3, -0.25) is 0 Å². The van der Waals surface area contributed by atoms with Gasteiger partial charge >= 0.3 is 0 Å². The molecule has 0 aliphatic heterocycles. The van der Waals surface area contributed by atoms with E-state index in [4.69, 9.17) is 4.74 Å². The quantitative estimate of drug-likeness (QED) is 0.648. The van der Waals surface area contributed by atoms with Crippen LogP contribution in [0.3, 0.4) is 0 Å². The lowest BCUT2D eigenvalue weighted by molar-refractivity contribution is 0.0681. The second-order valence-corrected chi connectivity index (χ2v) is 4.36. The van der Waals surface area contributed by atoms with Crippen LogP contribution >= 0.6 is 15.9 Å². The Morgan fingerprint density at radius 2 is 2.09 bits per heavy atom. The number of ether oxygens (including phenoxy) is 1. The third-order valence-corrected chi connectivity index (χ3v) is 3.51. The lowest BCUT2D eigenvalue weighted by Crippen LogP contribution is -2.10. The number of rotatable bonds is 5. The Kier molecular flexibility index (Phi) is 3.38. The van der Waals surface area contributed by atoms with Crippen molar-refractivity contribution < 1.29 is 4.74 Å². The van der Waals surface area contributed by atoms with Gasteiger partial charge in [-0.25, -0.2) is 0 Å². The SMILES string of the molecule is CC(C)OCCC1(CBr)CC1. The van der Waals surface area contributed by atoms with Crippen LogP contribution < -0.4 is 0 Å². The molecular formula is C9H17BrO. The highest BCUT2D eigenvalue weighted by Crippen LogP contribution is 2.49. The first kappa shape index (κ1) is 9.53. The van der Waals surface area contributed by atoms with Crippen molar-refractivity contribution in [2.45, 2.75) is 39.2 Å². The molecule has 1 fully saturated rings. The predicted molar refractivity (Wildman–Crippen MR) is 51.2 cm³/mol. The van der Waals surface area contributed by atoms with Crippen LogP contribution in [0.15, 0.2) is 0 Å². The van der Waals surface area contributed by atoms with E-state index in [1.165, 1.54) is 19.3 Å². The van der Waals surface area contributed by atoms with E-state index in [2.05, 4.69) is 29.8 Å². The Labute approximate surface area is 77.6 Å². The van der Waals surface area contributed by atoms with Crippen molar-refractivity contribution in [3.05, 3.63) is 0 Å². The molecule has 1 aliphatic carbocycles. The van der Waals surface area contributed by atoms with E-state index in [1.807, 2.05) is 0 Å². The molecule has 0 aromatic heterocycles. The van der Waals surface area contributed by atoms with Crippen molar-refractivity contribution >= 4 is 15.9 Å². The summed E-state index contributed by atoms with van der Waals surface area (Å²) in [4.78, 5) is 0. The van der Waals surface area contributed by atoms with Crippen molar-refractivity contribution in [3.63, 3.8) is 0 Å². The van der Waals surface area contributed by atoms with Gasteiger partial charge in [0.1, 0.15) is 0 Å². The molecule has 0 aromatic carbocycles. The van der Waals surface area contributed by atoms with E-state index < -0.39 is 0 Å². The zero-order valence-electron chi connectivity index (χ0n) is 7.40. The fourth-order valence-corrected chi connectivity index (χ4v) is 1.98. The summed E-state index contributed by atoms with van der Waals surface area (Å²) >= 11 is 3.55. The summed E-state index contributed by atoms with van der Waals surface area (Å²) in [6.07, 6.45) is 4.40. The van der Waals surface area contributed by atoms with Gasteiger partial charge in [-0.15, -0.1) is 0 Å². The summed E-state index contributed by atoms with van der Waals surface area (Å²) in [6.45, 7) is 5.12. The van der Waals surface area contributed by atoms with Gasteiger partial charge in [-0.1, -0.05) is 15.9 Å². The summed E-state index contributed by atoms with van der Waals surface area (Å²) in [5, 5.41) is 1.15. The molecule has 1 nitrogen and oxygen atoms in total. The Morgan fingerprint density at radius 1 is 1.45 bits per heavy atom. The molecule has 0 unspecified atom stereocenters. The lowest BCUT2D eigenvalue weighted by atomic mass is 10.1. The highest BCUT2D eigenvalue weighted by atomic mass is 79.9. The standard InChI is InChI=1S/C9H17BrO/c1-8(2)11-6-5-9(7-10)3-4-9/h8H,3-7H2,1-2H3. The van der Waals surface area contributed by atoms with Crippen LogP contribution in [-0.2, 0) is 4.74 Å². The third-order valence-electron chi connectivity index (χ3n) is 2.32. The minimum Gasteiger partial charge on any atom is -0.379 e. The summed E-state index contributed by atoms with van der Waals surface area (Å²) in [7, 11) is 0. The summed E-state index contributed by atoms with van der Waals surface area (Å²) < 4.78 is 5.50. The predicted octanol–water partition coefficient (Wildman–Crippen LogP) is 2.98. The van der Waals surface area contributed by atoms with Gasteiger partial charge in [0.05, 0.1) is 6.10 Å². The number of hydrogen-bond acceptors (Lipinski definition) is 1. The highest BCUT2D eigenvalue weighted by Gasteiger charge is 2.40. The van der Waals surface area contributed by atoms with Crippen LogP contribution in [0.25, 0.3) is 0 Å². The number of halogens is 1. The molecule has 2 heteroatoms. The highest BCUT2D eigenvalue weighted by molar-refractivity contribution is 9.09. The van der Waals surface area contributed by atoms with E-state index in [0.717, 1.165) is 11.9 Å². The van der Waals surface area contributed by atoms with Crippen LogP contribution in [-0.4, -0.2) is 18.0 Å². The van der Waals surface area contributed by atoms with Crippen molar-refractivity contribution in [1.82, 2.24) is 0 Å². The normalized spacial score (nSPS) is 20.7.